The fourth-order valence-corrected chi connectivity index (χ4v) is 2.05. The van der Waals surface area contributed by atoms with E-state index in [-0.39, 0.29) is 6.42 Å². The van der Waals surface area contributed by atoms with Gasteiger partial charge in [-0.05, 0) is 19.9 Å². The second-order valence-electron chi connectivity index (χ2n) is 4.73. The Labute approximate surface area is 121 Å². The van der Waals surface area contributed by atoms with Crippen LogP contribution in [0.25, 0.3) is 11.4 Å². The van der Waals surface area contributed by atoms with Crippen molar-refractivity contribution in [2.24, 2.45) is 0 Å². The highest BCUT2D eigenvalue weighted by Crippen LogP contribution is 2.19. The van der Waals surface area contributed by atoms with E-state index in [0.717, 1.165) is 11.1 Å². The number of aryl methyl sites for hydroxylation is 2. The van der Waals surface area contributed by atoms with Gasteiger partial charge in [-0.3, -0.25) is 0 Å². The van der Waals surface area contributed by atoms with Crippen molar-refractivity contribution in [2.45, 2.75) is 20.3 Å². The summed E-state index contributed by atoms with van der Waals surface area (Å²) in [5.74, 6) is 1.41. The van der Waals surface area contributed by atoms with Crippen LogP contribution in [0.1, 0.15) is 28.5 Å². The van der Waals surface area contributed by atoms with Crippen LogP contribution in [-0.4, -0.2) is 15.3 Å². The van der Waals surface area contributed by atoms with E-state index in [1.165, 1.54) is 0 Å². The van der Waals surface area contributed by atoms with Crippen molar-refractivity contribution < 1.29 is 9.05 Å². The fraction of sp³-hybridized carbons (Fsp3) is 0.200. The summed E-state index contributed by atoms with van der Waals surface area (Å²) in [6.45, 7) is 3.70. The van der Waals surface area contributed by atoms with Crippen LogP contribution in [0.5, 0.6) is 0 Å². The van der Waals surface area contributed by atoms with Crippen molar-refractivity contribution in [1.82, 2.24) is 15.3 Å². The Kier molecular flexibility index (Phi) is 3.24. The lowest BCUT2D eigenvalue weighted by Crippen LogP contribution is -1.92. The minimum Gasteiger partial charge on any atom is -0.360 e. The SMILES string of the molecule is Cc1cccc(-c2noc(Cc3noc(C)c3C#N)n2)c1. The lowest BCUT2D eigenvalue weighted by molar-refractivity contribution is 0.371. The summed E-state index contributed by atoms with van der Waals surface area (Å²) in [4.78, 5) is 4.33. The Hall–Kier alpha value is -2.94. The third kappa shape index (κ3) is 2.54. The van der Waals surface area contributed by atoms with Gasteiger partial charge in [0.25, 0.3) is 0 Å². The molecule has 0 radical (unpaired) electrons. The highest BCUT2D eigenvalue weighted by atomic mass is 16.5. The number of hydrogen-bond donors (Lipinski definition) is 0. The largest absolute Gasteiger partial charge is 0.360 e. The van der Waals surface area contributed by atoms with E-state index in [0.29, 0.717) is 28.7 Å². The molecule has 0 N–H and O–H groups in total. The minimum absolute atomic E-state index is 0.277. The molecule has 0 unspecified atom stereocenters. The molecule has 0 aliphatic carbocycles. The summed E-state index contributed by atoms with van der Waals surface area (Å²) in [6.07, 6.45) is 0.277. The van der Waals surface area contributed by atoms with Crippen LogP contribution in [0.15, 0.2) is 33.3 Å². The molecule has 3 aromatic rings. The first-order valence-corrected chi connectivity index (χ1v) is 6.42. The maximum Gasteiger partial charge on any atom is 0.233 e. The molecule has 104 valence electrons. The zero-order valence-electron chi connectivity index (χ0n) is 11.6. The van der Waals surface area contributed by atoms with Gasteiger partial charge < -0.3 is 9.05 Å². The van der Waals surface area contributed by atoms with Gasteiger partial charge in [-0.25, -0.2) is 0 Å². The van der Waals surface area contributed by atoms with E-state index in [9.17, 15) is 0 Å². The van der Waals surface area contributed by atoms with E-state index in [2.05, 4.69) is 21.4 Å². The van der Waals surface area contributed by atoms with Crippen molar-refractivity contribution in [1.29, 1.82) is 5.26 Å². The molecule has 6 nitrogen and oxygen atoms in total. The zero-order chi connectivity index (χ0) is 14.8. The van der Waals surface area contributed by atoms with Gasteiger partial charge in [0, 0.05) is 5.56 Å². The predicted molar refractivity (Wildman–Crippen MR) is 73.2 cm³/mol. The van der Waals surface area contributed by atoms with Crippen molar-refractivity contribution in [3.63, 3.8) is 0 Å². The second kappa shape index (κ2) is 5.21. The quantitative estimate of drug-likeness (QED) is 0.732. The maximum atomic E-state index is 9.06. The summed E-state index contributed by atoms with van der Waals surface area (Å²) in [7, 11) is 0. The van der Waals surface area contributed by atoms with Crippen LogP contribution >= 0.6 is 0 Å². The Bertz CT molecular complexity index is 826. The summed E-state index contributed by atoms with van der Waals surface area (Å²) < 4.78 is 10.2. The smallest absolute Gasteiger partial charge is 0.233 e. The van der Waals surface area contributed by atoms with Gasteiger partial charge in [0.2, 0.25) is 11.7 Å². The molecule has 0 saturated carbocycles. The van der Waals surface area contributed by atoms with Crippen LogP contribution < -0.4 is 0 Å². The van der Waals surface area contributed by atoms with Gasteiger partial charge in [-0.15, -0.1) is 0 Å². The number of nitrogens with zero attached hydrogens (tertiary/aromatic N) is 4. The van der Waals surface area contributed by atoms with Crippen LogP contribution in [0.2, 0.25) is 0 Å². The summed E-state index contributed by atoms with van der Waals surface area (Å²) >= 11 is 0. The van der Waals surface area contributed by atoms with E-state index in [1.807, 2.05) is 31.2 Å². The molecular formula is C15H12N4O2. The first-order chi connectivity index (χ1) is 10.2. The Morgan fingerprint density at radius 3 is 2.81 bits per heavy atom. The van der Waals surface area contributed by atoms with Gasteiger partial charge in [0.05, 0.1) is 6.42 Å². The number of hydrogen-bond acceptors (Lipinski definition) is 6. The number of nitriles is 1. The van der Waals surface area contributed by atoms with Gasteiger partial charge in [0.15, 0.2) is 5.76 Å². The van der Waals surface area contributed by atoms with Gasteiger partial charge >= 0.3 is 0 Å². The molecule has 0 fully saturated rings. The topological polar surface area (TPSA) is 88.7 Å². The summed E-state index contributed by atoms with van der Waals surface area (Å²) in [6, 6.07) is 9.91. The molecule has 0 amide bonds. The molecule has 0 atom stereocenters. The first-order valence-electron chi connectivity index (χ1n) is 6.42. The van der Waals surface area contributed by atoms with Crippen molar-refractivity contribution in [2.75, 3.05) is 0 Å². The van der Waals surface area contributed by atoms with E-state index in [4.69, 9.17) is 14.3 Å². The third-order valence-corrected chi connectivity index (χ3v) is 3.11. The molecule has 6 heteroatoms. The zero-order valence-corrected chi connectivity index (χ0v) is 11.6. The van der Waals surface area contributed by atoms with Crippen LogP contribution in [0.4, 0.5) is 0 Å². The number of rotatable bonds is 3. The van der Waals surface area contributed by atoms with Crippen LogP contribution in [-0.2, 0) is 6.42 Å². The molecule has 0 aliphatic rings. The normalized spacial score (nSPS) is 10.5. The number of aromatic nitrogens is 3. The highest BCUT2D eigenvalue weighted by molar-refractivity contribution is 5.55. The molecule has 2 aromatic heterocycles. The Morgan fingerprint density at radius 2 is 2.05 bits per heavy atom. The van der Waals surface area contributed by atoms with Crippen molar-refractivity contribution in [3.05, 3.63) is 52.7 Å². The molecule has 3 rings (SSSR count). The number of benzene rings is 1. The molecule has 21 heavy (non-hydrogen) atoms. The Morgan fingerprint density at radius 1 is 1.19 bits per heavy atom. The van der Waals surface area contributed by atoms with Gasteiger partial charge in [-0.1, -0.05) is 34.1 Å². The average molecular weight is 280 g/mol. The predicted octanol–water partition coefficient (Wildman–Crippen LogP) is 2.80. The highest BCUT2D eigenvalue weighted by Gasteiger charge is 2.16. The molecule has 0 spiro atoms. The minimum atomic E-state index is 0.277. The van der Waals surface area contributed by atoms with Crippen molar-refractivity contribution in [3.8, 4) is 17.5 Å². The molecule has 0 saturated heterocycles. The monoisotopic (exact) mass is 280 g/mol. The standard InChI is InChI=1S/C15H12N4O2/c1-9-4-3-5-11(6-9)15-17-14(21-19-15)7-13-12(8-16)10(2)20-18-13/h3-6H,7H2,1-2H3. The third-order valence-electron chi connectivity index (χ3n) is 3.11. The first kappa shape index (κ1) is 13.1. The molecule has 0 bridgehead atoms. The molecule has 2 heterocycles. The van der Waals surface area contributed by atoms with E-state index in [1.54, 1.807) is 6.92 Å². The summed E-state index contributed by atoms with van der Waals surface area (Å²) in [5.41, 5.74) is 2.94. The fourth-order valence-electron chi connectivity index (χ4n) is 2.05. The van der Waals surface area contributed by atoms with Gasteiger partial charge in [-0.2, -0.15) is 10.2 Å². The van der Waals surface area contributed by atoms with Gasteiger partial charge in [0.1, 0.15) is 17.3 Å². The summed E-state index contributed by atoms with van der Waals surface area (Å²) in [5, 5.41) is 16.9. The average Bonchev–Trinajstić information content (AvgIpc) is 3.07. The van der Waals surface area contributed by atoms with E-state index >= 15 is 0 Å². The molecular weight excluding hydrogens is 268 g/mol. The Balaban J connectivity index is 1.87. The van der Waals surface area contributed by atoms with Crippen LogP contribution in [0.3, 0.4) is 0 Å². The second-order valence-corrected chi connectivity index (χ2v) is 4.73. The van der Waals surface area contributed by atoms with Crippen molar-refractivity contribution >= 4 is 0 Å². The maximum absolute atomic E-state index is 9.06. The molecule has 0 aliphatic heterocycles. The lowest BCUT2D eigenvalue weighted by atomic mass is 10.1. The van der Waals surface area contributed by atoms with E-state index < -0.39 is 0 Å². The lowest BCUT2D eigenvalue weighted by Gasteiger charge is -1.95. The molecule has 1 aromatic carbocycles. The van der Waals surface area contributed by atoms with Crippen LogP contribution in [0, 0.1) is 25.2 Å².